The lowest BCUT2D eigenvalue weighted by Crippen LogP contribution is -2.36. The van der Waals surface area contributed by atoms with Crippen LogP contribution in [0.25, 0.3) is 0 Å². The van der Waals surface area contributed by atoms with Crippen molar-refractivity contribution in [1.29, 1.82) is 0 Å². The molecule has 1 aromatic rings. The summed E-state index contributed by atoms with van der Waals surface area (Å²) in [5.74, 6) is 2.40. The summed E-state index contributed by atoms with van der Waals surface area (Å²) in [4.78, 5) is 2.38. The molecule has 0 aliphatic carbocycles. The first-order chi connectivity index (χ1) is 8.69. The number of aromatic nitrogens is 2. The monoisotopic (exact) mass is 253 g/mol. The highest BCUT2D eigenvalue weighted by Gasteiger charge is 2.21. The Morgan fingerprint density at radius 1 is 1.44 bits per heavy atom. The Morgan fingerprint density at radius 2 is 2.28 bits per heavy atom. The largest absolute Gasteiger partial charge is 0.424 e. The van der Waals surface area contributed by atoms with Crippen LogP contribution in [0.15, 0.2) is 4.42 Å². The van der Waals surface area contributed by atoms with Crippen molar-refractivity contribution >= 4 is 0 Å². The quantitative estimate of drug-likeness (QED) is 0.804. The SMILES string of the molecule is COCC1CCCN(Cc2nnc(C(C)C)o2)C1. The van der Waals surface area contributed by atoms with E-state index in [1.165, 1.54) is 12.8 Å². The molecule has 102 valence electrons. The van der Waals surface area contributed by atoms with Gasteiger partial charge in [0.05, 0.1) is 13.2 Å². The maximum atomic E-state index is 5.65. The summed E-state index contributed by atoms with van der Waals surface area (Å²) in [6.45, 7) is 7.91. The molecule has 1 unspecified atom stereocenters. The number of rotatable bonds is 5. The van der Waals surface area contributed by atoms with E-state index in [4.69, 9.17) is 9.15 Å². The van der Waals surface area contributed by atoms with Gasteiger partial charge in [-0.05, 0) is 25.3 Å². The Hall–Kier alpha value is -0.940. The van der Waals surface area contributed by atoms with Gasteiger partial charge in [-0.1, -0.05) is 13.8 Å². The van der Waals surface area contributed by atoms with Crippen molar-refractivity contribution < 1.29 is 9.15 Å². The summed E-state index contributed by atoms with van der Waals surface area (Å²) in [5.41, 5.74) is 0. The molecule has 0 amide bonds. The van der Waals surface area contributed by atoms with E-state index in [0.717, 1.165) is 38.0 Å². The van der Waals surface area contributed by atoms with Crippen molar-refractivity contribution in [3.63, 3.8) is 0 Å². The molecule has 1 atom stereocenters. The van der Waals surface area contributed by atoms with Gasteiger partial charge in [0.25, 0.3) is 0 Å². The third kappa shape index (κ3) is 3.53. The molecule has 18 heavy (non-hydrogen) atoms. The number of hydrogen-bond acceptors (Lipinski definition) is 5. The number of hydrogen-bond donors (Lipinski definition) is 0. The maximum absolute atomic E-state index is 5.65. The summed E-state index contributed by atoms with van der Waals surface area (Å²) in [6, 6.07) is 0. The second kappa shape index (κ2) is 6.29. The molecule has 1 aromatic heterocycles. The molecule has 1 aliphatic heterocycles. The molecule has 0 N–H and O–H groups in total. The van der Waals surface area contributed by atoms with E-state index in [2.05, 4.69) is 28.9 Å². The highest BCUT2D eigenvalue weighted by molar-refractivity contribution is 4.88. The molecule has 0 saturated carbocycles. The Balaban J connectivity index is 1.87. The number of methoxy groups -OCH3 is 1. The van der Waals surface area contributed by atoms with Gasteiger partial charge in [-0.2, -0.15) is 0 Å². The first-order valence-electron chi connectivity index (χ1n) is 6.72. The summed E-state index contributed by atoms with van der Waals surface area (Å²) in [6.07, 6.45) is 2.48. The molecule has 5 nitrogen and oxygen atoms in total. The molecule has 0 spiro atoms. The molecule has 0 bridgehead atoms. The van der Waals surface area contributed by atoms with Crippen LogP contribution in [0.4, 0.5) is 0 Å². The Bertz CT molecular complexity index is 363. The van der Waals surface area contributed by atoms with Crippen LogP contribution >= 0.6 is 0 Å². The number of ether oxygens (including phenoxy) is 1. The molecule has 2 heterocycles. The zero-order valence-corrected chi connectivity index (χ0v) is 11.6. The van der Waals surface area contributed by atoms with E-state index in [9.17, 15) is 0 Å². The van der Waals surface area contributed by atoms with Gasteiger partial charge in [0.1, 0.15) is 0 Å². The summed E-state index contributed by atoms with van der Waals surface area (Å²) >= 11 is 0. The second-order valence-electron chi connectivity index (χ2n) is 5.39. The summed E-state index contributed by atoms with van der Waals surface area (Å²) in [7, 11) is 1.77. The van der Waals surface area contributed by atoms with Crippen LogP contribution < -0.4 is 0 Å². The van der Waals surface area contributed by atoms with Crippen molar-refractivity contribution in [3.8, 4) is 0 Å². The van der Waals surface area contributed by atoms with Gasteiger partial charge in [0, 0.05) is 19.6 Å². The molecule has 0 radical (unpaired) electrons. The number of nitrogens with zero attached hydrogens (tertiary/aromatic N) is 3. The fraction of sp³-hybridized carbons (Fsp3) is 0.846. The van der Waals surface area contributed by atoms with E-state index in [-0.39, 0.29) is 0 Å². The Morgan fingerprint density at radius 3 is 2.94 bits per heavy atom. The molecule has 1 fully saturated rings. The van der Waals surface area contributed by atoms with Gasteiger partial charge >= 0.3 is 0 Å². The van der Waals surface area contributed by atoms with Crippen LogP contribution in [0.1, 0.15) is 44.4 Å². The van der Waals surface area contributed by atoms with Crippen molar-refractivity contribution in [1.82, 2.24) is 15.1 Å². The smallest absolute Gasteiger partial charge is 0.230 e. The van der Waals surface area contributed by atoms with Gasteiger partial charge in [0.15, 0.2) is 0 Å². The topological polar surface area (TPSA) is 51.4 Å². The lowest BCUT2D eigenvalue weighted by atomic mass is 9.99. The third-order valence-electron chi connectivity index (χ3n) is 3.34. The minimum Gasteiger partial charge on any atom is -0.424 e. The predicted octanol–water partition coefficient (Wildman–Crippen LogP) is 2.05. The van der Waals surface area contributed by atoms with Crippen LogP contribution in [-0.4, -0.2) is 41.9 Å². The molecule has 0 aromatic carbocycles. The van der Waals surface area contributed by atoms with Crippen molar-refractivity contribution in [2.75, 3.05) is 26.8 Å². The van der Waals surface area contributed by atoms with Crippen molar-refractivity contribution in [2.24, 2.45) is 5.92 Å². The van der Waals surface area contributed by atoms with Gasteiger partial charge in [-0.3, -0.25) is 4.90 Å². The van der Waals surface area contributed by atoms with Crippen LogP contribution in [0.3, 0.4) is 0 Å². The highest BCUT2D eigenvalue weighted by atomic mass is 16.5. The summed E-state index contributed by atoms with van der Waals surface area (Å²) < 4.78 is 10.9. The van der Waals surface area contributed by atoms with Crippen molar-refractivity contribution in [3.05, 3.63) is 11.8 Å². The van der Waals surface area contributed by atoms with Gasteiger partial charge in [0.2, 0.25) is 11.8 Å². The average Bonchev–Trinajstić information content (AvgIpc) is 2.78. The zero-order valence-electron chi connectivity index (χ0n) is 11.6. The first-order valence-corrected chi connectivity index (χ1v) is 6.72. The fourth-order valence-corrected chi connectivity index (χ4v) is 2.42. The normalized spacial score (nSPS) is 21.7. The first kappa shape index (κ1) is 13.5. The fourth-order valence-electron chi connectivity index (χ4n) is 2.42. The molecule has 1 saturated heterocycles. The molecule has 1 aliphatic rings. The summed E-state index contributed by atoms with van der Waals surface area (Å²) in [5, 5.41) is 8.18. The predicted molar refractivity (Wildman–Crippen MR) is 68.3 cm³/mol. The minimum atomic E-state index is 0.300. The van der Waals surface area contributed by atoms with Gasteiger partial charge in [-0.15, -0.1) is 10.2 Å². The van der Waals surface area contributed by atoms with E-state index < -0.39 is 0 Å². The van der Waals surface area contributed by atoms with Crippen LogP contribution in [0.2, 0.25) is 0 Å². The zero-order chi connectivity index (χ0) is 13.0. The number of piperidine rings is 1. The van der Waals surface area contributed by atoms with Gasteiger partial charge in [-0.25, -0.2) is 0 Å². The van der Waals surface area contributed by atoms with E-state index in [0.29, 0.717) is 11.8 Å². The minimum absolute atomic E-state index is 0.300. The van der Waals surface area contributed by atoms with Crippen molar-refractivity contribution in [2.45, 2.75) is 39.2 Å². The molecule has 2 rings (SSSR count). The second-order valence-corrected chi connectivity index (χ2v) is 5.39. The van der Waals surface area contributed by atoms with E-state index in [1.807, 2.05) is 0 Å². The van der Waals surface area contributed by atoms with Gasteiger partial charge < -0.3 is 9.15 Å². The Kier molecular flexibility index (Phi) is 4.72. The van der Waals surface area contributed by atoms with Crippen LogP contribution in [0.5, 0.6) is 0 Å². The number of likely N-dealkylation sites (tertiary alicyclic amines) is 1. The van der Waals surface area contributed by atoms with Crippen LogP contribution in [-0.2, 0) is 11.3 Å². The van der Waals surface area contributed by atoms with E-state index >= 15 is 0 Å². The lowest BCUT2D eigenvalue weighted by molar-refractivity contribution is 0.0829. The highest BCUT2D eigenvalue weighted by Crippen LogP contribution is 2.19. The molecular weight excluding hydrogens is 230 g/mol. The average molecular weight is 253 g/mol. The maximum Gasteiger partial charge on any atom is 0.230 e. The lowest BCUT2D eigenvalue weighted by Gasteiger charge is -2.31. The Labute approximate surface area is 109 Å². The molecular formula is C13H23N3O2. The van der Waals surface area contributed by atoms with E-state index in [1.54, 1.807) is 7.11 Å². The van der Waals surface area contributed by atoms with Crippen LogP contribution in [0, 0.1) is 5.92 Å². The molecule has 5 heteroatoms. The standard InChI is InChI=1S/C13H23N3O2/c1-10(2)13-15-14-12(18-13)8-16-6-4-5-11(7-16)9-17-3/h10-11H,4-9H2,1-3H3. The third-order valence-corrected chi connectivity index (χ3v) is 3.34.